The number of hydrogen-bond donors (Lipinski definition) is 0. The molecule has 8 atom stereocenters. The summed E-state index contributed by atoms with van der Waals surface area (Å²) in [6.07, 6.45) is 17.2. The zero-order chi connectivity index (χ0) is 24.5. The number of rotatable bonds is 8. The van der Waals surface area contributed by atoms with Crippen molar-refractivity contribution in [2.45, 2.75) is 125 Å². The summed E-state index contributed by atoms with van der Waals surface area (Å²) in [4.78, 5) is 12.0. The molecule has 4 aliphatic rings. The van der Waals surface area contributed by atoms with Crippen molar-refractivity contribution in [1.82, 2.24) is 0 Å². The molecule has 0 bridgehead atoms. The highest BCUT2D eigenvalue weighted by atomic mass is 16.7. The van der Waals surface area contributed by atoms with Gasteiger partial charge in [0, 0.05) is 6.42 Å². The van der Waals surface area contributed by atoms with Crippen LogP contribution in [0.2, 0.25) is 0 Å². The molecule has 0 N–H and O–H groups in total. The van der Waals surface area contributed by atoms with Crippen LogP contribution in [-0.4, -0.2) is 18.9 Å². The Morgan fingerprint density at radius 3 is 2.59 bits per heavy atom. The topological polar surface area (TPSA) is 35.5 Å². The highest BCUT2D eigenvalue weighted by Gasteiger charge is 2.59. The van der Waals surface area contributed by atoms with Gasteiger partial charge in [-0.05, 0) is 97.7 Å². The normalized spacial score (nSPS) is 40.1. The van der Waals surface area contributed by atoms with E-state index in [9.17, 15) is 4.79 Å². The summed E-state index contributed by atoms with van der Waals surface area (Å²) < 4.78 is 10.9. The summed E-state index contributed by atoms with van der Waals surface area (Å²) in [7, 11) is 0. The van der Waals surface area contributed by atoms with Crippen LogP contribution in [0.4, 0.5) is 4.79 Å². The molecule has 0 aromatic carbocycles. The van der Waals surface area contributed by atoms with Crippen molar-refractivity contribution in [3.05, 3.63) is 11.6 Å². The van der Waals surface area contributed by atoms with Gasteiger partial charge >= 0.3 is 6.16 Å². The van der Waals surface area contributed by atoms with Gasteiger partial charge in [-0.3, -0.25) is 0 Å². The molecule has 0 radical (unpaired) electrons. The Balaban J connectivity index is 1.41. The zero-order valence-corrected chi connectivity index (χ0v) is 23.0. The molecule has 0 aromatic heterocycles. The third-order valence-corrected chi connectivity index (χ3v) is 10.9. The number of fused-ring (bicyclic) bond motifs is 5. The fraction of sp³-hybridized carbons (Fsp3) is 0.903. The van der Waals surface area contributed by atoms with E-state index in [2.05, 4.69) is 40.7 Å². The van der Waals surface area contributed by atoms with Crippen LogP contribution in [0, 0.1) is 46.3 Å². The first-order chi connectivity index (χ1) is 16.2. The van der Waals surface area contributed by atoms with Crippen molar-refractivity contribution in [3.63, 3.8) is 0 Å². The number of ether oxygens (including phenoxy) is 2. The van der Waals surface area contributed by atoms with Crippen molar-refractivity contribution >= 4 is 6.16 Å². The molecule has 3 nitrogen and oxygen atoms in total. The fourth-order valence-corrected chi connectivity index (χ4v) is 9.11. The quantitative estimate of drug-likeness (QED) is 0.261. The third-order valence-electron chi connectivity index (χ3n) is 10.9. The molecule has 0 spiro atoms. The molecule has 194 valence electrons. The van der Waals surface area contributed by atoms with Gasteiger partial charge in [0.2, 0.25) is 0 Å². The minimum atomic E-state index is -0.474. The third kappa shape index (κ3) is 4.96. The van der Waals surface area contributed by atoms with Crippen LogP contribution in [0.15, 0.2) is 11.6 Å². The first-order valence-electron chi connectivity index (χ1n) is 14.7. The summed E-state index contributed by atoms with van der Waals surface area (Å²) in [5.74, 6) is 5.19. The second kappa shape index (κ2) is 10.6. The molecule has 0 aliphatic heterocycles. The molecule has 0 saturated heterocycles. The number of hydrogen-bond acceptors (Lipinski definition) is 3. The van der Waals surface area contributed by atoms with E-state index in [0.29, 0.717) is 17.4 Å². The Morgan fingerprint density at radius 1 is 1.06 bits per heavy atom. The molecule has 0 heterocycles. The zero-order valence-electron chi connectivity index (χ0n) is 23.0. The average molecular weight is 473 g/mol. The van der Waals surface area contributed by atoms with Gasteiger partial charge in [-0.1, -0.05) is 72.5 Å². The molecule has 4 aliphatic carbocycles. The summed E-state index contributed by atoms with van der Waals surface area (Å²) in [6.45, 7) is 15.0. The van der Waals surface area contributed by atoms with Gasteiger partial charge in [0.05, 0.1) is 6.61 Å². The molecule has 3 heteroatoms. The fourth-order valence-electron chi connectivity index (χ4n) is 9.11. The molecule has 34 heavy (non-hydrogen) atoms. The number of allylic oxidation sites excluding steroid dienone is 1. The van der Waals surface area contributed by atoms with E-state index in [4.69, 9.17) is 9.47 Å². The van der Waals surface area contributed by atoms with E-state index >= 15 is 0 Å². The SMILES string of the molecule is CCCOC(=O)O[C@H]1CC[C@]2(C)C(=CC[C@H]3[C@H]4CC[C@@H]([C@H](C)CCCC(C)C)[C@]4(C)CC[C@@H]32)C1. The Morgan fingerprint density at radius 2 is 1.85 bits per heavy atom. The van der Waals surface area contributed by atoms with Gasteiger partial charge < -0.3 is 9.47 Å². The molecular formula is C31H52O3. The summed E-state index contributed by atoms with van der Waals surface area (Å²) in [5, 5.41) is 0. The van der Waals surface area contributed by atoms with E-state index in [-0.39, 0.29) is 6.10 Å². The Bertz CT molecular complexity index is 741. The lowest BCUT2D eigenvalue weighted by molar-refractivity contribution is -0.0616. The molecule has 3 saturated carbocycles. The van der Waals surface area contributed by atoms with E-state index < -0.39 is 6.16 Å². The predicted octanol–water partition coefficient (Wildman–Crippen LogP) is 8.96. The van der Waals surface area contributed by atoms with E-state index in [1.54, 1.807) is 5.57 Å². The highest BCUT2D eigenvalue weighted by Crippen LogP contribution is 2.67. The highest BCUT2D eigenvalue weighted by molar-refractivity contribution is 5.60. The lowest BCUT2D eigenvalue weighted by Crippen LogP contribution is -2.51. The maximum absolute atomic E-state index is 12.0. The number of carbonyl (C=O) groups excluding carboxylic acids is 1. The van der Waals surface area contributed by atoms with Crippen molar-refractivity contribution in [3.8, 4) is 0 Å². The van der Waals surface area contributed by atoms with Gasteiger partial charge in [-0.25, -0.2) is 4.79 Å². The minimum Gasteiger partial charge on any atom is -0.434 e. The average Bonchev–Trinajstić information content (AvgIpc) is 3.15. The van der Waals surface area contributed by atoms with Gasteiger partial charge in [0.15, 0.2) is 0 Å². The molecule has 0 unspecified atom stereocenters. The first-order valence-corrected chi connectivity index (χ1v) is 14.7. The first kappa shape index (κ1) is 26.1. The van der Waals surface area contributed by atoms with Gasteiger partial charge in [-0.2, -0.15) is 0 Å². The molecular weight excluding hydrogens is 420 g/mol. The maximum atomic E-state index is 12.0. The summed E-state index contributed by atoms with van der Waals surface area (Å²) in [6, 6.07) is 0. The second-order valence-corrected chi connectivity index (χ2v) is 13.4. The van der Waals surface area contributed by atoms with Crippen LogP contribution in [0.1, 0.15) is 119 Å². The van der Waals surface area contributed by atoms with E-state index in [1.807, 2.05) is 6.92 Å². The van der Waals surface area contributed by atoms with Crippen LogP contribution in [0.3, 0.4) is 0 Å². The Hall–Kier alpha value is -0.990. The van der Waals surface area contributed by atoms with Crippen molar-refractivity contribution in [2.75, 3.05) is 6.61 Å². The van der Waals surface area contributed by atoms with Crippen molar-refractivity contribution in [1.29, 1.82) is 0 Å². The minimum absolute atomic E-state index is 0.00311. The van der Waals surface area contributed by atoms with Gasteiger partial charge in [0.25, 0.3) is 0 Å². The summed E-state index contributed by atoms with van der Waals surface area (Å²) >= 11 is 0. The van der Waals surface area contributed by atoms with Crippen LogP contribution < -0.4 is 0 Å². The summed E-state index contributed by atoms with van der Waals surface area (Å²) in [5.41, 5.74) is 2.43. The predicted molar refractivity (Wildman–Crippen MR) is 140 cm³/mol. The maximum Gasteiger partial charge on any atom is 0.508 e. The molecule has 4 rings (SSSR count). The monoisotopic (exact) mass is 472 g/mol. The van der Waals surface area contributed by atoms with Crippen LogP contribution in [-0.2, 0) is 9.47 Å². The lowest BCUT2D eigenvalue weighted by Gasteiger charge is -2.58. The van der Waals surface area contributed by atoms with Crippen LogP contribution in [0.25, 0.3) is 0 Å². The molecule has 0 aromatic rings. The van der Waals surface area contributed by atoms with Crippen molar-refractivity contribution in [2.24, 2.45) is 46.3 Å². The van der Waals surface area contributed by atoms with Gasteiger partial charge in [-0.15, -0.1) is 0 Å². The molecule has 0 amide bonds. The van der Waals surface area contributed by atoms with Gasteiger partial charge in [0.1, 0.15) is 6.10 Å². The Labute approximate surface area is 209 Å². The Kier molecular flexibility index (Phi) is 8.10. The van der Waals surface area contributed by atoms with E-state index in [1.165, 1.54) is 51.4 Å². The number of carbonyl (C=O) groups is 1. The molecule has 3 fully saturated rings. The van der Waals surface area contributed by atoms with E-state index in [0.717, 1.165) is 61.2 Å². The largest absolute Gasteiger partial charge is 0.508 e. The second-order valence-electron chi connectivity index (χ2n) is 13.4. The van der Waals surface area contributed by atoms with Crippen LogP contribution >= 0.6 is 0 Å². The van der Waals surface area contributed by atoms with Crippen molar-refractivity contribution < 1.29 is 14.3 Å². The standard InChI is InChI=1S/C31H52O3/c1-7-19-33-29(32)34-24-15-17-30(5)23(20-24)11-12-25-27-14-13-26(22(4)10-8-9-21(2)3)31(27,6)18-16-28(25)30/h11,21-22,24-28H,7-10,12-20H2,1-6H3/t22-,24+,25+,26+,27-,28+,30-,31+/m1/s1. The lowest BCUT2D eigenvalue weighted by atomic mass is 9.47. The van der Waals surface area contributed by atoms with Crippen LogP contribution in [0.5, 0.6) is 0 Å². The smallest absolute Gasteiger partial charge is 0.434 e.